The van der Waals surface area contributed by atoms with Crippen molar-refractivity contribution in [1.82, 2.24) is 0 Å². The molecule has 0 spiro atoms. The summed E-state index contributed by atoms with van der Waals surface area (Å²) in [5, 5.41) is 9.40. The number of methoxy groups -OCH3 is 1. The Kier molecular flexibility index (Phi) is 5.40. The van der Waals surface area contributed by atoms with Gasteiger partial charge in [-0.25, -0.2) is 0 Å². The van der Waals surface area contributed by atoms with Crippen LogP contribution < -0.4 is 4.74 Å². The van der Waals surface area contributed by atoms with Gasteiger partial charge in [0.05, 0.1) is 12.7 Å². The summed E-state index contributed by atoms with van der Waals surface area (Å²) in [5.74, 6) is 1.79. The van der Waals surface area contributed by atoms with Gasteiger partial charge in [-0.3, -0.25) is 0 Å². The molecule has 2 aromatic rings. The van der Waals surface area contributed by atoms with Crippen molar-refractivity contribution >= 4 is 23.5 Å². The third-order valence-electron chi connectivity index (χ3n) is 2.67. The molecule has 0 saturated heterocycles. The molecule has 0 N–H and O–H groups in total. The Labute approximate surface area is 128 Å². The molecule has 0 radical (unpaired) electrons. The Bertz CT molecular complexity index is 635. The molecule has 0 aromatic heterocycles. The number of nitriles is 1. The van der Waals surface area contributed by atoms with Gasteiger partial charge in [-0.1, -0.05) is 30.8 Å². The largest absolute Gasteiger partial charge is 0.497 e. The Hall–Kier alpha value is -1.57. The minimum atomic E-state index is 0.757. The first kappa shape index (κ1) is 14.8. The second kappa shape index (κ2) is 7.28. The summed E-state index contributed by atoms with van der Waals surface area (Å²) in [6.45, 7) is 2.09. The van der Waals surface area contributed by atoms with Crippen molar-refractivity contribution in [3.05, 3.63) is 48.0 Å². The number of benzene rings is 2. The first-order valence-electron chi connectivity index (χ1n) is 6.26. The van der Waals surface area contributed by atoms with Gasteiger partial charge >= 0.3 is 0 Å². The molecule has 2 nitrogen and oxygen atoms in total. The fourth-order valence-electron chi connectivity index (χ4n) is 1.77. The van der Waals surface area contributed by atoms with Gasteiger partial charge < -0.3 is 4.74 Å². The van der Waals surface area contributed by atoms with Gasteiger partial charge in [0, 0.05) is 14.7 Å². The molecule has 102 valence electrons. The predicted molar refractivity (Wildman–Crippen MR) is 84.7 cm³/mol. The molecule has 0 aliphatic rings. The molecule has 0 aliphatic heterocycles. The highest BCUT2D eigenvalue weighted by Gasteiger charge is 2.09. The van der Waals surface area contributed by atoms with Crippen LogP contribution in [0.5, 0.6) is 5.75 Å². The third-order valence-corrected chi connectivity index (χ3v) is 4.66. The molecule has 0 saturated carbocycles. The van der Waals surface area contributed by atoms with Gasteiger partial charge in [0.25, 0.3) is 0 Å². The zero-order chi connectivity index (χ0) is 14.4. The van der Waals surface area contributed by atoms with Crippen LogP contribution in [0.25, 0.3) is 0 Å². The van der Waals surface area contributed by atoms with Gasteiger partial charge in [0.1, 0.15) is 11.8 Å². The van der Waals surface area contributed by atoms with E-state index in [0.717, 1.165) is 31.8 Å². The number of rotatable bonds is 5. The summed E-state index contributed by atoms with van der Waals surface area (Å²) >= 11 is 3.29. The molecule has 0 heterocycles. The number of hydrogen-bond donors (Lipinski definition) is 0. The molecule has 0 fully saturated rings. The van der Waals surface area contributed by atoms with Crippen molar-refractivity contribution in [2.24, 2.45) is 0 Å². The van der Waals surface area contributed by atoms with E-state index >= 15 is 0 Å². The van der Waals surface area contributed by atoms with E-state index in [9.17, 15) is 5.26 Å². The quantitative estimate of drug-likeness (QED) is 0.741. The van der Waals surface area contributed by atoms with Crippen molar-refractivity contribution in [1.29, 1.82) is 5.26 Å². The number of ether oxygens (including phenoxy) is 1. The molecule has 0 aliphatic carbocycles. The van der Waals surface area contributed by atoms with Crippen LogP contribution in [0.15, 0.2) is 57.2 Å². The van der Waals surface area contributed by atoms with E-state index in [1.807, 2.05) is 42.5 Å². The summed E-state index contributed by atoms with van der Waals surface area (Å²) in [6, 6.07) is 16.2. The lowest BCUT2D eigenvalue weighted by Gasteiger charge is -2.09. The Morgan fingerprint density at radius 2 is 1.90 bits per heavy atom. The number of thioether (sulfide) groups is 1. The van der Waals surface area contributed by atoms with Gasteiger partial charge in [-0.05, 0) is 36.1 Å². The van der Waals surface area contributed by atoms with E-state index in [1.165, 1.54) is 0 Å². The van der Waals surface area contributed by atoms with E-state index < -0.39 is 0 Å². The predicted octanol–water partition coefficient (Wildman–Crippen LogP) is 4.83. The maximum absolute atomic E-state index is 9.40. The van der Waals surface area contributed by atoms with Crippen LogP contribution in [0.4, 0.5) is 0 Å². The van der Waals surface area contributed by atoms with Crippen LogP contribution in [-0.4, -0.2) is 12.9 Å². The zero-order valence-electron chi connectivity index (χ0n) is 11.4. The summed E-state index contributed by atoms with van der Waals surface area (Å²) < 4.78 is 5.23. The molecule has 0 bridgehead atoms. The van der Waals surface area contributed by atoms with Gasteiger partial charge in [0.2, 0.25) is 0 Å². The van der Waals surface area contributed by atoms with E-state index in [4.69, 9.17) is 4.74 Å². The van der Waals surface area contributed by atoms with E-state index in [-0.39, 0.29) is 0 Å². The van der Waals surface area contributed by atoms with Gasteiger partial charge in [-0.15, -0.1) is 11.8 Å². The number of nitrogens with zero attached hydrogens (tertiary/aromatic N) is 1. The van der Waals surface area contributed by atoms with Gasteiger partial charge in [-0.2, -0.15) is 5.26 Å². The fraction of sp³-hybridized carbons (Fsp3) is 0.188. The lowest BCUT2D eigenvalue weighted by atomic mass is 10.2. The van der Waals surface area contributed by atoms with Crippen molar-refractivity contribution in [3.8, 4) is 11.8 Å². The normalized spacial score (nSPS) is 10.1. The lowest BCUT2D eigenvalue weighted by Crippen LogP contribution is -1.87. The Balaban J connectivity index is 2.33. The molecule has 4 heteroatoms. The second-order valence-electron chi connectivity index (χ2n) is 3.96. The van der Waals surface area contributed by atoms with Crippen LogP contribution in [-0.2, 0) is 0 Å². The topological polar surface area (TPSA) is 33.0 Å². The highest BCUT2D eigenvalue weighted by molar-refractivity contribution is 8.00. The standard InChI is InChI=1S/C16H15NOS2/c1-3-19-15-8-5-9-16(14(15)11-17)20-13-7-4-6-12(10-13)18-2/h4-10H,3H2,1-2H3. The highest BCUT2D eigenvalue weighted by atomic mass is 32.2. The fourth-order valence-corrected chi connectivity index (χ4v) is 3.60. The van der Waals surface area contributed by atoms with E-state index in [1.54, 1.807) is 30.6 Å². The Morgan fingerprint density at radius 1 is 1.15 bits per heavy atom. The molecule has 0 atom stereocenters. The molecule has 0 amide bonds. The second-order valence-corrected chi connectivity index (χ2v) is 6.38. The summed E-state index contributed by atoms with van der Waals surface area (Å²) in [7, 11) is 1.66. The molecular weight excluding hydrogens is 286 g/mol. The van der Waals surface area contributed by atoms with Crippen molar-refractivity contribution in [3.63, 3.8) is 0 Å². The van der Waals surface area contributed by atoms with Crippen LogP contribution >= 0.6 is 23.5 Å². The maximum atomic E-state index is 9.40. The van der Waals surface area contributed by atoms with Crippen LogP contribution in [0.1, 0.15) is 12.5 Å². The van der Waals surface area contributed by atoms with Crippen LogP contribution in [0.2, 0.25) is 0 Å². The van der Waals surface area contributed by atoms with Crippen molar-refractivity contribution < 1.29 is 4.74 Å². The molecule has 2 rings (SSSR count). The summed E-state index contributed by atoms with van der Waals surface area (Å²) in [4.78, 5) is 3.10. The SMILES string of the molecule is CCSc1cccc(Sc2cccc(OC)c2)c1C#N. The molecular formula is C16H15NOS2. The van der Waals surface area contributed by atoms with Crippen LogP contribution in [0, 0.1) is 11.3 Å². The van der Waals surface area contributed by atoms with Gasteiger partial charge in [0.15, 0.2) is 0 Å². The highest BCUT2D eigenvalue weighted by Crippen LogP contribution is 2.35. The molecule has 2 aromatic carbocycles. The average molecular weight is 301 g/mol. The zero-order valence-corrected chi connectivity index (χ0v) is 13.1. The number of hydrogen-bond acceptors (Lipinski definition) is 4. The smallest absolute Gasteiger partial charge is 0.119 e. The monoisotopic (exact) mass is 301 g/mol. The third kappa shape index (κ3) is 3.50. The van der Waals surface area contributed by atoms with E-state index in [0.29, 0.717) is 0 Å². The minimum absolute atomic E-state index is 0.757. The van der Waals surface area contributed by atoms with Crippen molar-refractivity contribution in [2.45, 2.75) is 21.6 Å². The van der Waals surface area contributed by atoms with Crippen LogP contribution in [0.3, 0.4) is 0 Å². The summed E-state index contributed by atoms with van der Waals surface area (Å²) in [6.07, 6.45) is 0. The first-order valence-corrected chi connectivity index (χ1v) is 8.06. The van der Waals surface area contributed by atoms with E-state index in [2.05, 4.69) is 13.0 Å². The minimum Gasteiger partial charge on any atom is -0.497 e. The lowest BCUT2D eigenvalue weighted by molar-refractivity contribution is 0.413. The van der Waals surface area contributed by atoms with Crippen molar-refractivity contribution in [2.75, 3.05) is 12.9 Å². The maximum Gasteiger partial charge on any atom is 0.119 e. The summed E-state index contributed by atoms with van der Waals surface area (Å²) in [5.41, 5.74) is 0.757. The molecule has 0 unspecified atom stereocenters. The first-order chi connectivity index (χ1) is 9.78. The Morgan fingerprint density at radius 3 is 2.60 bits per heavy atom. The average Bonchev–Trinajstić information content (AvgIpc) is 2.48. The molecule has 20 heavy (non-hydrogen) atoms.